The number of aryl methyl sites for hydroxylation is 1. The van der Waals surface area contributed by atoms with Gasteiger partial charge in [0.2, 0.25) is 0 Å². The fourth-order valence-electron chi connectivity index (χ4n) is 1.81. The molecule has 2 aromatic rings. The second-order valence-electron chi connectivity index (χ2n) is 4.75. The average molecular weight is 313 g/mol. The second kappa shape index (κ2) is 7.03. The molecule has 2 aromatic carbocycles. The Morgan fingerprint density at radius 2 is 1.57 bits per heavy atom. The standard InChI is InChI=1S/C15H15N5O3/c1-10-2-4-11(5-3-10)14(21)17-12-6-8-13(9-7-12)18-15(16)19-20(22)23/h2-9H,1H3,(H,17,21)(H3,16,18,19). The third-order valence-electron chi connectivity index (χ3n) is 2.92. The number of hydrogen-bond acceptors (Lipinski definition) is 3. The van der Waals surface area contributed by atoms with Gasteiger partial charge in [0.05, 0.1) is 0 Å². The van der Waals surface area contributed by atoms with Crippen LogP contribution < -0.4 is 16.4 Å². The predicted molar refractivity (Wildman–Crippen MR) is 87.8 cm³/mol. The van der Waals surface area contributed by atoms with E-state index in [9.17, 15) is 14.9 Å². The molecule has 0 atom stereocenters. The minimum Gasteiger partial charge on any atom is -0.364 e. The number of guanidine groups is 1. The molecule has 1 amide bonds. The Labute approximate surface area is 132 Å². The molecular weight excluding hydrogens is 298 g/mol. The van der Waals surface area contributed by atoms with E-state index in [4.69, 9.17) is 5.73 Å². The first-order chi connectivity index (χ1) is 10.9. The average Bonchev–Trinajstić information content (AvgIpc) is 2.49. The highest BCUT2D eigenvalue weighted by atomic mass is 16.7. The predicted octanol–water partition coefficient (Wildman–Crippen LogP) is 2.17. The zero-order chi connectivity index (χ0) is 16.8. The number of nitrogens with two attached hydrogens (primary N) is 1. The van der Waals surface area contributed by atoms with Crippen molar-refractivity contribution in [3.63, 3.8) is 0 Å². The van der Waals surface area contributed by atoms with Gasteiger partial charge in [-0.2, -0.15) is 0 Å². The third kappa shape index (κ3) is 4.81. The molecule has 4 N–H and O–H groups in total. The van der Waals surface area contributed by atoms with Gasteiger partial charge in [0.25, 0.3) is 11.9 Å². The van der Waals surface area contributed by atoms with Crippen molar-refractivity contribution in [3.8, 4) is 0 Å². The number of carbonyl (C=O) groups excluding carboxylic acids is 1. The molecule has 0 heterocycles. The first-order valence-corrected chi connectivity index (χ1v) is 6.67. The highest BCUT2D eigenvalue weighted by Gasteiger charge is 2.06. The Kier molecular flexibility index (Phi) is 4.88. The van der Waals surface area contributed by atoms with Crippen LogP contribution in [0, 0.1) is 17.0 Å². The quantitative estimate of drug-likeness (QED) is 0.345. The SMILES string of the molecule is Cc1ccc(C(=O)Nc2ccc(N/C(N)=N/[N+](=O)[O-])cc2)cc1. The van der Waals surface area contributed by atoms with Crippen LogP contribution in [0.3, 0.4) is 0 Å². The maximum absolute atomic E-state index is 12.1. The van der Waals surface area contributed by atoms with E-state index in [1.54, 1.807) is 36.4 Å². The number of rotatable bonds is 4. The summed E-state index contributed by atoms with van der Waals surface area (Å²) in [5.41, 5.74) is 8.08. The molecule has 23 heavy (non-hydrogen) atoms. The summed E-state index contributed by atoms with van der Waals surface area (Å²) in [4.78, 5) is 22.3. The van der Waals surface area contributed by atoms with Crippen LogP contribution in [0.15, 0.2) is 53.6 Å². The summed E-state index contributed by atoms with van der Waals surface area (Å²) in [5, 5.41) is 17.5. The summed E-state index contributed by atoms with van der Waals surface area (Å²) in [5.74, 6) is -0.549. The zero-order valence-corrected chi connectivity index (χ0v) is 12.3. The lowest BCUT2D eigenvalue weighted by molar-refractivity contribution is -0.485. The van der Waals surface area contributed by atoms with Gasteiger partial charge >= 0.3 is 0 Å². The molecule has 8 nitrogen and oxygen atoms in total. The maximum Gasteiger partial charge on any atom is 0.270 e. The van der Waals surface area contributed by atoms with Crippen LogP contribution in [0.2, 0.25) is 0 Å². The van der Waals surface area contributed by atoms with E-state index >= 15 is 0 Å². The lowest BCUT2D eigenvalue weighted by atomic mass is 10.1. The van der Waals surface area contributed by atoms with Gasteiger partial charge in [0.1, 0.15) is 5.10 Å². The number of hydrogen-bond donors (Lipinski definition) is 3. The van der Waals surface area contributed by atoms with Crippen LogP contribution in [-0.2, 0) is 0 Å². The highest BCUT2D eigenvalue weighted by molar-refractivity contribution is 6.04. The molecule has 0 aliphatic rings. The molecule has 0 aromatic heterocycles. The summed E-state index contributed by atoms with van der Waals surface area (Å²) in [6.07, 6.45) is 0. The lowest BCUT2D eigenvalue weighted by Crippen LogP contribution is -2.23. The molecule has 0 saturated heterocycles. The van der Waals surface area contributed by atoms with Crippen LogP contribution in [0.25, 0.3) is 0 Å². The van der Waals surface area contributed by atoms with Crippen molar-refractivity contribution in [1.29, 1.82) is 0 Å². The van der Waals surface area contributed by atoms with Gasteiger partial charge in [0.15, 0.2) is 5.03 Å². The van der Waals surface area contributed by atoms with E-state index < -0.39 is 5.03 Å². The molecular formula is C15H15N5O3. The minimum atomic E-state index is -0.890. The Bertz CT molecular complexity index is 739. The van der Waals surface area contributed by atoms with Crippen molar-refractivity contribution in [1.82, 2.24) is 0 Å². The Morgan fingerprint density at radius 3 is 2.09 bits per heavy atom. The van der Waals surface area contributed by atoms with Crippen LogP contribution >= 0.6 is 0 Å². The summed E-state index contributed by atoms with van der Waals surface area (Å²) in [7, 11) is 0. The molecule has 0 spiro atoms. The van der Waals surface area contributed by atoms with Crippen molar-refractivity contribution >= 4 is 23.2 Å². The van der Waals surface area contributed by atoms with Gasteiger partial charge in [-0.25, -0.2) is 10.1 Å². The number of nitrogens with zero attached hydrogens (tertiary/aromatic N) is 2. The van der Waals surface area contributed by atoms with E-state index in [1.807, 2.05) is 19.1 Å². The largest absolute Gasteiger partial charge is 0.364 e. The van der Waals surface area contributed by atoms with Gasteiger partial charge in [-0.05, 0) is 43.3 Å². The number of nitrogens with one attached hydrogen (secondary N) is 2. The number of benzene rings is 2. The molecule has 0 aliphatic carbocycles. The van der Waals surface area contributed by atoms with E-state index in [-0.39, 0.29) is 11.9 Å². The molecule has 0 radical (unpaired) electrons. The molecule has 0 bridgehead atoms. The molecule has 0 saturated carbocycles. The lowest BCUT2D eigenvalue weighted by Gasteiger charge is -2.07. The summed E-state index contributed by atoms with van der Waals surface area (Å²) >= 11 is 0. The molecule has 118 valence electrons. The molecule has 2 rings (SSSR count). The Hall–Kier alpha value is -3.42. The molecule has 0 fully saturated rings. The van der Waals surface area contributed by atoms with Crippen LogP contribution in [-0.4, -0.2) is 16.9 Å². The molecule has 8 heteroatoms. The fourth-order valence-corrected chi connectivity index (χ4v) is 1.81. The number of amides is 1. The molecule has 0 aliphatic heterocycles. The first kappa shape index (κ1) is 16.0. The van der Waals surface area contributed by atoms with Crippen LogP contribution in [0.5, 0.6) is 0 Å². The van der Waals surface area contributed by atoms with E-state index in [0.717, 1.165) is 5.56 Å². The van der Waals surface area contributed by atoms with Crippen molar-refractivity contribution in [2.75, 3.05) is 10.6 Å². The highest BCUT2D eigenvalue weighted by Crippen LogP contribution is 2.14. The van der Waals surface area contributed by atoms with Crippen LogP contribution in [0.4, 0.5) is 11.4 Å². The number of anilines is 2. The van der Waals surface area contributed by atoms with Gasteiger partial charge in [-0.15, -0.1) is 0 Å². The van der Waals surface area contributed by atoms with Gasteiger partial charge in [-0.3, -0.25) is 4.79 Å². The van der Waals surface area contributed by atoms with E-state index in [2.05, 4.69) is 15.7 Å². The van der Waals surface area contributed by atoms with Crippen molar-refractivity contribution < 1.29 is 9.83 Å². The molecule has 0 unspecified atom stereocenters. The number of carbonyl (C=O) groups is 1. The van der Waals surface area contributed by atoms with Crippen molar-refractivity contribution in [3.05, 3.63) is 69.8 Å². The minimum absolute atomic E-state index is 0.222. The Balaban J connectivity index is 2.01. The number of hydrazone groups is 1. The summed E-state index contributed by atoms with van der Waals surface area (Å²) < 4.78 is 0. The van der Waals surface area contributed by atoms with Crippen LogP contribution in [0.1, 0.15) is 15.9 Å². The number of nitro groups is 1. The monoisotopic (exact) mass is 313 g/mol. The van der Waals surface area contributed by atoms with Crippen molar-refractivity contribution in [2.24, 2.45) is 10.8 Å². The second-order valence-corrected chi connectivity index (χ2v) is 4.75. The maximum atomic E-state index is 12.1. The third-order valence-corrected chi connectivity index (χ3v) is 2.92. The fraction of sp³-hybridized carbons (Fsp3) is 0.0667. The Morgan fingerprint density at radius 1 is 1.04 bits per heavy atom. The summed E-state index contributed by atoms with van der Waals surface area (Å²) in [6.45, 7) is 1.95. The van der Waals surface area contributed by atoms with E-state index in [0.29, 0.717) is 16.9 Å². The normalized spacial score (nSPS) is 10.9. The van der Waals surface area contributed by atoms with Crippen molar-refractivity contribution in [2.45, 2.75) is 6.92 Å². The summed E-state index contributed by atoms with van der Waals surface area (Å²) in [6, 6.07) is 13.7. The van der Waals surface area contributed by atoms with E-state index in [1.165, 1.54) is 0 Å². The van der Waals surface area contributed by atoms with Gasteiger partial charge < -0.3 is 16.4 Å². The smallest absolute Gasteiger partial charge is 0.270 e. The van der Waals surface area contributed by atoms with Gasteiger partial charge in [-0.1, -0.05) is 17.7 Å². The van der Waals surface area contributed by atoms with Gasteiger partial charge in [0, 0.05) is 16.9 Å². The first-order valence-electron chi connectivity index (χ1n) is 6.67. The zero-order valence-electron chi connectivity index (χ0n) is 12.3. The topological polar surface area (TPSA) is 123 Å².